The van der Waals surface area contributed by atoms with E-state index in [1.165, 1.54) is 0 Å². The fourth-order valence-electron chi connectivity index (χ4n) is 0.843. The molecule has 0 aromatic carbocycles. The topological polar surface area (TPSA) is 52.6 Å². The Morgan fingerprint density at radius 2 is 2.00 bits per heavy atom. The minimum atomic E-state index is -0.497. The third-order valence-electron chi connectivity index (χ3n) is 1.65. The largest absolute Gasteiger partial charge is 0.460 e. The van der Waals surface area contributed by atoms with Gasteiger partial charge in [0.15, 0.2) is 0 Å². The van der Waals surface area contributed by atoms with Gasteiger partial charge in [-0.2, -0.15) is 0 Å². The third-order valence-corrected chi connectivity index (χ3v) is 1.65. The second kappa shape index (κ2) is 4.79. The van der Waals surface area contributed by atoms with Gasteiger partial charge in [-0.3, -0.25) is 4.79 Å². The van der Waals surface area contributed by atoms with Crippen molar-refractivity contribution in [2.45, 2.75) is 32.8 Å². The molecule has 0 aliphatic heterocycles. The third kappa shape index (κ3) is 4.07. The van der Waals surface area contributed by atoms with Crippen LogP contribution in [0.2, 0.25) is 0 Å². The summed E-state index contributed by atoms with van der Waals surface area (Å²) in [5, 5.41) is 0. The number of esters is 2. The Kier molecular flexibility index (Phi) is 3.68. The molecule has 0 bridgehead atoms. The minimum absolute atomic E-state index is 0.0424. The highest BCUT2D eigenvalue weighted by atomic mass is 16.5. The molecule has 1 rings (SSSR count). The van der Waals surface area contributed by atoms with Crippen LogP contribution in [0.4, 0.5) is 0 Å². The van der Waals surface area contributed by atoms with E-state index in [-0.39, 0.29) is 18.0 Å². The molecule has 0 unspecified atom stereocenters. The van der Waals surface area contributed by atoms with Crippen LogP contribution in [0.25, 0.3) is 0 Å². The van der Waals surface area contributed by atoms with Crippen molar-refractivity contribution >= 4 is 11.9 Å². The van der Waals surface area contributed by atoms with Crippen LogP contribution >= 0.6 is 0 Å². The Labute approximate surface area is 82.9 Å². The number of carbonyl (C=O) groups is 2. The smallest absolute Gasteiger partial charge is 0.334 e. The lowest BCUT2D eigenvalue weighted by Gasteiger charge is -2.03. The standard InChI is InChI=1S/C10H14O4/c1-7(2)14-9(11)5-6-13-10(12)8-3-4-8/h5-8H,3-4H2,1-2H3/b6-5+. The lowest BCUT2D eigenvalue weighted by Crippen LogP contribution is -2.09. The summed E-state index contributed by atoms with van der Waals surface area (Å²) in [5.74, 6) is -0.719. The molecular formula is C10H14O4. The van der Waals surface area contributed by atoms with E-state index < -0.39 is 5.97 Å². The van der Waals surface area contributed by atoms with E-state index in [1.54, 1.807) is 13.8 Å². The molecule has 14 heavy (non-hydrogen) atoms. The molecule has 0 spiro atoms. The quantitative estimate of drug-likeness (QED) is 0.389. The minimum Gasteiger partial charge on any atom is -0.460 e. The van der Waals surface area contributed by atoms with E-state index in [0.717, 1.165) is 25.2 Å². The molecule has 0 N–H and O–H groups in total. The SMILES string of the molecule is CC(C)OC(=O)/C=C/OC(=O)C1CC1. The number of rotatable bonds is 4. The van der Waals surface area contributed by atoms with Crippen molar-refractivity contribution < 1.29 is 19.1 Å². The van der Waals surface area contributed by atoms with Gasteiger partial charge >= 0.3 is 11.9 Å². The molecular weight excluding hydrogens is 184 g/mol. The van der Waals surface area contributed by atoms with Crippen molar-refractivity contribution in [3.8, 4) is 0 Å². The van der Waals surface area contributed by atoms with E-state index in [2.05, 4.69) is 0 Å². The highest BCUT2D eigenvalue weighted by Gasteiger charge is 2.30. The summed E-state index contributed by atoms with van der Waals surface area (Å²) in [6.07, 6.45) is 3.82. The first-order valence-electron chi connectivity index (χ1n) is 4.67. The maximum atomic E-state index is 11.0. The number of hydrogen-bond donors (Lipinski definition) is 0. The summed E-state index contributed by atoms with van der Waals surface area (Å²) in [5.41, 5.74) is 0. The van der Waals surface area contributed by atoms with Gasteiger partial charge in [-0.05, 0) is 26.7 Å². The molecule has 0 aromatic rings. The normalized spacial score (nSPS) is 15.9. The molecule has 1 aliphatic carbocycles. The van der Waals surface area contributed by atoms with Gasteiger partial charge in [-0.1, -0.05) is 0 Å². The summed E-state index contributed by atoms with van der Waals surface area (Å²) in [6, 6.07) is 0. The first-order valence-corrected chi connectivity index (χ1v) is 4.67. The van der Waals surface area contributed by atoms with Crippen molar-refractivity contribution in [1.29, 1.82) is 0 Å². The Balaban J connectivity index is 2.18. The van der Waals surface area contributed by atoms with Crippen molar-refractivity contribution in [2.24, 2.45) is 5.92 Å². The highest BCUT2D eigenvalue weighted by molar-refractivity contribution is 5.82. The Morgan fingerprint density at radius 1 is 1.36 bits per heavy atom. The van der Waals surface area contributed by atoms with E-state index in [4.69, 9.17) is 9.47 Å². The Hall–Kier alpha value is -1.32. The van der Waals surface area contributed by atoms with Gasteiger partial charge < -0.3 is 9.47 Å². The van der Waals surface area contributed by atoms with Crippen LogP contribution in [0.1, 0.15) is 26.7 Å². The van der Waals surface area contributed by atoms with Gasteiger partial charge in [0.1, 0.15) is 6.26 Å². The molecule has 0 amide bonds. The predicted octanol–water partition coefficient (Wildman–Crippen LogP) is 1.40. The fourth-order valence-corrected chi connectivity index (χ4v) is 0.843. The molecule has 1 saturated carbocycles. The fraction of sp³-hybridized carbons (Fsp3) is 0.600. The average Bonchev–Trinajstić information content (AvgIpc) is 2.84. The van der Waals surface area contributed by atoms with Crippen LogP contribution in [-0.4, -0.2) is 18.0 Å². The van der Waals surface area contributed by atoms with Crippen LogP contribution in [0, 0.1) is 5.92 Å². The zero-order chi connectivity index (χ0) is 10.6. The highest BCUT2D eigenvalue weighted by Crippen LogP contribution is 2.30. The lowest BCUT2D eigenvalue weighted by molar-refractivity contribution is -0.141. The summed E-state index contributed by atoms with van der Waals surface area (Å²) in [4.78, 5) is 21.9. The van der Waals surface area contributed by atoms with Crippen LogP contribution in [-0.2, 0) is 19.1 Å². The van der Waals surface area contributed by atoms with Crippen molar-refractivity contribution in [3.63, 3.8) is 0 Å². The Morgan fingerprint density at radius 3 is 2.50 bits per heavy atom. The van der Waals surface area contributed by atoms with Gasteiger partial charge in [0.2, 0.25) is 0 Å². The first kappa shape index (κ1) is 10.8. The van der Waals surface area contributed by atoms with Gasteiger partial charge in [-0.25, -0.2) is 4.79 Å². The van der Waals surface area contributed by atoms with E-state index in [9.17, 15) is 9.59 Å². The second-order valence-corrected chi connectivity index (χ2v) is 3.50. The maximum absolute atomic E-state index is 11.0. The molecule has 1 aliphatic rings. The summed E-state index contributed by atoms with van der Waals surface area (Å²) in [7, 11) is 0. The van der Waals surface area contributed by atoms with Gasteiger partial charge in [0, 0.05) is 0 Å². The molecule has 4 heteroatoms. The molecule has 78 valence electrons. The van der Waals surface area contributed by atoms with E-state index in [0.29, 0.717) is 0 Å². The molecule has 0 atom stereocenters. The zero-order valence-electron chi connectivity index (χ0n) is 8.36. The van der Waals surface area contributed by atoms with Crippen molar-refractivity contribution in [2.75, 3.05) is 0 Å². The molecule has 4 nitrogen and oxygen atoms in total. The van der Waals surface area contributed by atoms with E-state index in [1.807, 2.05) is 0 Å². The summed E-state index contributed by atoms with van der Waals surface area (Å²) < 4.78 is 9.49. The number of hydrogen-bond acceptors (Lipinski definition) is 4. The molecule has 0 saturated heterocycles. The van der Waals surface area contributed by atoms with Crippen molar-refractivity contribution in [1.82, 2.24) is 0 Å². The maximum Gasteiger partial charge on any atom is 0.334 e. The number of ether oxygens (including phenoxy) is 2. The van der Waals surface area contributed by atoms with Crippen LogP contribution < -0.4 is 0 Å². The van der Waals surface area contributed by atoms with Gasteiger partial charge in [0.05, 0.1) is 18.1 Å². The van der Waals surface area contributed by atoms with Crippen LogP contribution in [0.3, 0.4) is 0 Å². The Bertz CT molecular complexity index is 251. The van der Waals surface area contributed by atoms with Gasteiger partial charge in [-0.15, -0.1) is 0 Å². The van der Waals surface area contributed by atoms with Crippen molar-refractivity contribution in [3.05, 3.63) is 12.3 Å². The van der Waals surface area contributed by atoms with Crippen LogP contribution in [0.5, 0.6) is 0 Å². The molecule has 0 heterocycles. The average molecular weight is 198 g/mol. The summed E-state index contributed by atoms with van der Waals surface area (Å²) >= 11 is 0. The van der Waals surface area contributed by atoms with E-state index >= 15 is 0 Å². The molecule has 0 aromatic heterocycles. The van der Waals surface area contributed by atoms with Gasteiger partial charge in [0.25, 0.3) is 0 Å². The zero-order valence-corrected chi connectivity index (χ0v) is 8.36. The first-order chi connectivity index (χ1) is 6.59. The summed E-state index contributed by atoms with van der Waals surface area (Å²) in [6.45, 7) is 3.50. The molecule has 1 fully saturated rings. The number of carbonyl (C=O) groups excluding carboxylic acids is 2. The second-order valence-electron chi connectivity index (χ2n) is 3.50. The molecule has 0 radical (unpaired) electrons. The lowest BCUT2D eigenvalue weighted by atomic mass is 10.4. The van der Waals surface area contributed by atoms with Crippen LogP contribution in [0.15, 0.2) is 12.3 Å². The predicted molar refractivity (Wildman–Crippen MR) is 49.2 cm³/mol. The monoisotopic (exact) mass is 198 g/mol.